The molecular formula is C63H104O33S. The van der Waals surface area contributed by atoms with E-state index in [9.17, 15) is 94.7 Å². The number of rotatable bonds is 20. The van der Waals surface area contributed by atoms with Gasteiger partial charge in [-0.2, -0.15) is 8.42 Å². The molecular weight excluding hydrogens is 1320 g/mol. The summed E-state index contributed by atoms with van der Waals surface area (Å²) in [5, 5.41) is 181. The van der Waals surface area contributed by atoms with Gasteiger partial charge in [0.1, 0.15) is 128 Å². The second-order valence-electron chi connectivity index (χ2n) is 30.2. The van der Waals surface area contributed by atoms with E-state index < -0.39 is 242 Å². The maximum atomic E-state index is 12.8. The molecule has 560 valence electrons. The molecule has 33 nitrogen and oxygen atoms in total. The Morgan fingerprint density at radius 2 is 1.00 bits per heavy atom. The molecule has 10 fully saturated rings. The van der Waals surface area contributed by atoms with Crippen LogP contribution >= 0.6 is 0 Å². The Bertz CT molecular complexity index is 2790. The minimum Gasteiger partial charge on any atom is -0.394 e. The Balaban J connectivity index is 0.875. The molecule has 11 rings (SSSR count). The van der Waals surface area contributed by atoms with Crippen molar-refractivity contribution in [2.24, 2.45) is 40.4 Å². The first kappa shape index (κ1) is 76.6. The summed E-state index contributed by atoms with van der Waals surface area (Å²) < 4.78 is 120. The summed E-state index contributed by atoms with van der Waals surface area (Å²) in [6.07, 6.45) is -49.9. The van der Waals surface area contributed by atoms with Gasteiger partial charge in [0.05, 0.1) is 61.5 Å². The number of aliphatic hydroxyl groups is 16. The fourth-order valence-electron chi connectivity index (χ4n) is 17.9. The van der Waals surface area contributed by atoms with Crippen molar-refractivity contribution in [3.05, 3.63) is 11.6 Å². The van der Waals surface area contributed by atoms with Gasteiger partial charge in [0.2, 0.25) is 0 Å². The number of hydrogen-bond acceptors (Lipinski definition) is 32. The van der Waals surface area contributed by atoms with E-state index in [1.54, 1.807) is 0 Å². The van der Waals surface area contributed by atoms with Gasteiger partial charge < -0.3 is 143 Å². The van der Waals surface area contributed by atoms with Crippen LogP contribution in [-0.2, 0) is 76.2 Å². The summed E-state index contributed by atoms with van der Waals surface area (Å²) >= 11 is 0. The van der Waals surface area contributed by atoms with Gasteiger partial charge in [0.15, 0.2) is 37.7 Å². The highest BCUT2D eigenvalue weighted by atomic mass is 32.3. The van der Waals surface area contributed by atoms with Gasteiger partial charge in [-0.1, -0.05) is 39.3 Å². The maximum absolute atomic E-state index is 12.8. The second-order valence-corrected chi connectivity index (χ2v) is 31.2. The molecule has 0 spiro atoms. The monoisotopic (exact) mass is 1420 g/mol. The highest BCUT2D eigenvalue weighted by Gasteiger charge is 2.67. The van der Waals surface area contributed by atoms with Crippen LogP contribution in [0.2, 0.25) is 0 Å². The standard InChI is InChI=1S/C63H104O33S/c1-21(2)16-32-54(87-32)63(9,79)35-11-10-28-27-18-31(30-17-26(96-97(80,81)82)12-14-61(30,7)29(27)13-15-62(28,35)8)88-58-48(78)51(38(68)24(5)85-58)93-59-52(94-55-43(73)40(70)36(66)22(3)83-55)46(76)49(25(6)86-59)91-60-53(95-56-44(74)41(71)37(67)23(4)84-56)47(77)50(34(20-65)90-60)92-57-45(75)42(72)39(69)33(19-64)89-57/h13,21-28,30-60,64-79H,10-12,14-20H2,1-9H3,(H,80,81,82)/t22-,23-,24-,25-,26+,27?,28?,30?,31+,32+,33-,34-,35+,36-,37+,38-,39-,40+,41+,42+,43-,44-,45-,46+,47+,48-,49-,50-,51+,52-,53-,54-,55+,56+,57+,58+,59+,60+,61-,62+,63-/m1/s1. The number of ether oxygens (including phenoxy) is 13. The molecule has 11 aliphatic rings. The van der Waals surface area contributed by atoms with Crippen molar-refractivity contribution in [1.82, 2.24) is 0 Å². The fourth-order valence-corrected chi connectivity index (χ4v) is 18.4. The molecule has 0 amide bonds. The van der Waals surface area contributed by atoms with Gasteiger partial charge in [-0.25, -0.2) is 4.18 Å². The van der Waals surface area contributed by atoms with Crippen LogP contribution < -0.4 is 0 Å². The highest BCUT2D eigenvalue weighted by molar-refractivity contribution is 7.80. The van der Waals surface area contributed by atoms with Crippen LogP contribution in [0.1, 0.15) is 114 Å². The summed E-state index contributed by atoms with van der Waals surface area (Å²) in [5.74, 6) is -0.397. The molecule has 7 heterocycles. The average Bonchev–Trinajstić information content (AvgIpc) is 1.63. The van der Waals surface area contributed by atoms with Gasteiger partial charge in [0.25, 0.3) is 0 Å². The van der Waals surface area contributed by atoms with Gasteiger partial charge in [0, 0.05) is 0 Å². The van der Waals surface area contributed by atoms with Crippen LogP contribution in [0.4, 0.5) is 0 Å². The zero-order valence-electron chi connectivity index (χ0n) is 55.7. The zero-order valence-corrected chi connectivity index (χ0v) is 56.5. The molecule has 34 heteroatoms. The van der Waals surface area contributed by atoms with Crippen molar-refractivity contribution in [2.75, 3.05) is 13.2 Å². The van der Waals surface area contributed by atoms with Crippen LogP contribution in [-0.4, -0.2) is 322 Å². The zero-order chi connectivity index (χ0) is 70.8. The Hall–Kier alpha value is -1.55. The lowest BCUT2D eigenvalue weighted by atomic mass is 9.47. The molecule has 3 unspecified atom stereocenters. The minimum atomic E-state index is -4.91. The Morgan fingerprint density at radius 1 is 0.515 bits per heavy atom. The van der Waals surface area contributed by atoms with Crippen molar-refractivity contribution >= 4 is 10.4 Å². The summed E-state index contributed by atoms with van der Waals surface area (Å²) in [6.45, 7) is 14.0. The predicted molar refractivity (Wildman–Crippen MR) is 322 cm³/mol. The van der Waals surface area contributed by atoms with Crippen LogP contribution in [0, 0.1) is 40.4 Å². The highest BCUT2D eigenvalue weighted by Crippen LogP contribution is 2.68. The third kappa shape index (κ3) is 14.7. The van der Waals surface area contributed by atoms with E-state index in [4.69, 9.17) is 65.8 Å². The number of epoxide rings is 1. The molecule has 0 radical (unpaired) electrons. The molecule has 97 heavy (non-hydrogen) atoms. The molecule has 4 aliphatic carbocycles. The molecule has 0 aromatic carbocycles. The van der Waals surface area contributed by atoms with Gasteiger partial charge in [-0.15, -0.1) is 0 Å². The number of allylic oxidation sites excluding steroid dienone is 2. The van der Waals surface area contributed by atoms with Crippen LogP contribution in [0.25, 0.3) is 0 Å². The van der Waals surface area contributed by atoms with Crippen molar-refractivity contribution < 1.29 is 160 Å². The predicted octanol–water partition coefficient (Wildman–Crippen LogP) is -4.66. The van der Waals surface area contributed by atoms with Crippen LogP contribution in [0.5, 0.6) is 0 Å². The van der Waals surface area contributed by atoms with E-state index in [0.717, 1.165) is 19.3 Å². The topological polar surface area (TPSA) is 511 Å². The SMILES string of the molecule is CC(C)C[C@@H]1O[C@H]1[C@](C)(O)[C@H]1CCC2C3C[C@H](O[C@@H]4O[C@H](C)[C@@H](O)[C@H](O[C@@H]5O[C@H](C)[C@@H](O[C@@H]6O[C@H](CO)[C@@H](O[C@@H]7O[C@H](CO)[C@@H](O)[C@H](O)[C@H]7O)[C@H](O)[C@H]6O[C@@H]6O[C@H](C)[C@H](O)[C@H](O)[C@H]6O)[C@H](O)[C@H]5O[C@@H]5O[C@H](C)[C@@H](O)[C@H](O)[C@H]5O)[C@H]4O)C4C[C@@H](OS(=O)(=O)O)CC[C@]4(C)C3=CC[C@@]21C. The molecule has 7 aliphatic heterocycles. The molecule has 7 saturated heterocycles. The summed E-state index contributed by atoms with van der Waals surface area (Å²) in [5.41, 5.74) is -1.03. The molecule has 41 atom stereocenters. The third-order valence-corrected chi connectivity index (χ3v) is 23.9. The third-order valence-electron chi connectivity index (χ3n) is 23.4. The van der Waals surface area contributed by atoms with Gasteiger partial charge >= 0.3 is 10.4 Å². The van der Waals surface area contributed by atoms with Crippen LogP contribution in [0.15, 0.2) is 11.6 Å². The lowest BCUT2D eigenvalue weighted by Crippen LogP contribution is -2.69. The number of hydrogen-bond donors (Lipinski definition) is 17. The Kier molecular flexibility index (Phi) is 23.2. The first-order valence-corrected chi connectivity index (χ1v) is 35.5. The van der Waals surface area contributed by atoms with Crippen LogP contribution in [0.3, 0.4) is 0 Å². The molecule has 17 N–H and O–H groups in total. The van der Waals surface area contributed by atoms with E-state index in [1.165, 1.54) is 33.3 Å². The largest absolute Gasteiger partial charge is 0.397 e. The molecule has 0 aromatic heterocycles. The van der Waals surface area contributed by atoms with E-state index in [0.29, 0.717) is 25.2 Å². The normalized spacial score (nSPS) is 54.1. The van der Waals surface area contributed by atoms with Crippen molar-refractivity contribution in [3.63, 3.8) is 0 Å². The summed E-state index contributed by atoms with van der Waals surface area (Å²) in [7, 11) is -4.91. The van der Waals surface area contributed by atoms with Crippen molar-refractivity contribution in [2.45, 2.75) is 328 Å². The maximum Gasteiger partial charge on any atom is 0.397 e. The quantitative estimate of drug-likeness (QED) is 0.0310. The molecule has 0 aromatic rings. The average molecular weight is 1420 g/mol. The van der Waals surface area contributed by atoms with E-state index in [2.05, 4.69) is 33.8 Å². The number of fused-ring (bicyclic) bond motifs is 5. The van der Waals surface area contributed by atoms with E-state index >= 15 is 0 Å². The second kappa shape index (κ2) is 29.4. The summed E-state index contributed by atoms with van der Waals surface area (Å²) in [6, 6.07) is 0. The molecule has 0 bridgehead atoms. The lowest BCUT2D eigenvalue weighted by molar-refractivity contribution is -0.413. The molecule has 3 saturated carbocycles. The first-order valence-electron chi connectivity index (χ1n) is 34.1. The first-order chi connectivity index (χ1) is 45.4. The van der Waals surface area contributed by atoms with E-state index in [-0.39, 0.29) is 42.8 Å². The summed E-state index contributed by atoms with van der Waals surface area (Å²) in [4.78, 5) is 0. The van der Waals surface area contributed by atoms with E-state index in [1.807, 2.05) is 6.92 Å². The minimum absolute atomic E-state index is 0.0310. The number of aliphatic hydroxyl groups excluding tert-OH is 15. The Labute approximate surface area is 562 Å². The lowest BCUT2D eigenvalue weighted by Gasteiger charge is -2.60. The Morgan fingerprint density at radius 3 is 1.57 bits per heavy atom. The van der Waals surface area contributed by atoms with Gasteiger partial charge in [-0.3, -0.25) is 4.55 Å². The fraction of sp³-hybridized carbons (Fsp3) is 0.968. The van der Waals surface area contributed by atoms with Crippen molar-refractivity contribution in [1.29, 1.82) is 0 Å². The smallest absolute Gasteiger partial charge is 0.394 e. The van der Waals surface area contributed by atoms with Gasteiger partial charge in [-0.05, 0) is 126 Å². The van der Waals surface area contributed by atoms with Crippen molar-refractivity contribution in [3.8, 4) is 0 Å².